The first-order valence-corrected chi connectivity index (χ1v) is 9.62. The van der Waals surface area contributed by atoms with E-state index in [0.717, 1.165) is 19.3 Å². The fourth-order valence-electron chi connectivity index (χ4n) is 3.46. The molecule has 28 heavy (non-hydrogen) atoms. The van der Waals surface area contributed by atoms with E-state index in [9.17, 15) is 9.59 Å². The predicted octanol–water partition coefficient (Wildman–Crippen LogP) is 4.31. The van der Waals surface area contributed by atoms with Gasteiger partial charge in [-0.05, 0) is 61.1 Å². The number of carbonyl (C=O) groups excluding carboxylic acids is 2. The van der Waals surface area contributed by atoms with Gasteiger partial charge in [-0.2, -0.15) is 0 Å². The third-order valence-electron chi connectivity index (χ3n) is 4.92. The number of aromatic nitrogens is 2. The number of benzene rings is 1. The Bertz CT molecular complexity index is 1080. The molecule has 1 aliphatic rings. The molecule has 0 bridgehead atoms. The van der Waals surface area contributed by atoms with Crippen molar-refractivity contribution in [3.05, 3.63) is 76.2 Å². The van der Waals surface area contributed by atoms with Crippen molar-refractivity contribution in [2.24, 2.45) is 0 Å². The largest absolute Gasteiger partial charge is 0.454 e. The molecule has 0 amide bonds. The summed E-state index contributed by atoms with van der Waals surface area (Å²) in [5.74, 6) is -0.809. The normalized spacial score (nSPS) is 13.6. The van der Waals surface area contributed by atoms with Crippen LogP contribution in [0.5, 0.6) is 0 Å². The van der Waals surface area contributed by atoms with E-state index >= 15 is 0 Å². The van der Waals surface area contributed by atoms with Gasteiger partial charge in [0, 0.05) is 17.8 Å². The molecule has 0 spiro atoms. The summed E-state index contributed by atoms with van der Waals surface area (Å²) in [5.41, 5.74) is 4.39. The van der Waals surface area contributed by atoms with E-state index in [1.807, 2.05) is 36.4 Å². The molecule has 0 radical (unpaired) electrons. The van der Waals surface area contributed by atoms with Crippen LogP contribution < -0.4 is 0 Å². The van der Waals surface area contributed by atoms with Crippen molar-refractivity contribution in [1.82, 2.24) is 9.38 Å². The summed E-state index contributed by atoms with van der Waals surface area (Å²) in [6, 6.07) is 11.3. The predicted molar refractivity (Wildman–Crippen MR) is 108 cm³/mol. The molecule has 6 heteroatoms. The first kappa shape index (κ1) is 18.4. The van der Waals surface area contributed by atoms with Crippen molar-refractivity contribution in [3.63, 3.8) is 0 Å². The van der Waals surface area contributed by atoms with Crippen LogP contribution >= 0.6 is 11.6 Å². The minimum atomic E-state index is -0.603. The summed E-state index contributed by atoms with van der Waals surface area (Å²) >= 11 is 6.13. The van der Waals surface area contributed by atoms with E-state index in [-0.39, 0.29) is 12.4 Å². The zero-order chi connectivity index (χ0) is 19.5. The lowest BCUT2D eigenvalue weighted by atomic mass is 9.90. The molecule has 0 N–H and O–H groups in total. The number of rotatable bonds is 5. The quantitative estimate of drug-likeness (QED) is 0.367. The van der Waals surface area contributed by atoms with E-state index in [4.69, 9.17) is 16.3 Å². The highest BCUT2D eigenvalue weighted by Gasteiger charge is 2.14. The summed E-state index contributed by atoms with van der Waals surface area (Å²) in [7, 11) is 0. The third kappa shape index (κ3) is 3.85. The van der Waals surface area contributed by atoms with Crippen molar-refractivity contribution in [3.8, 4) is 0 Å². The Balaban J connectivity index is 1.39. The molecule has 0 atom stereocenters. The number of nitrogens with zero attached hydrogens (tertiary/aromatic N) is 2. The molecule has 4 rings (SSSR count). The highest BCUT2D eigenvalue weighted by Crippen LogP contribution is 2.22. The van der Waals surface area contributed by atoms with Gasteiger partial charge in [0.05, 0.1) is 5.69 Å². The monoisotopic (exact) mass is 394 g/mol. The van der Waals surface area contributed by atoms with Gasteiger partial charge >= 0.3 is 5.97 Å². The highest BCUT2D eigenvalue weighted by molar-refractivity contribution is 6.31. The molecule has 0 saturated heterocycles. The Morgan fingerprint density at radius 1 is 1.14 bits per heavy atom. The Labute approximate surface area is 167 Å². The summed E-state index contributed by atoms with van der Waals surface area (Å²) in [6.45, 7) is -0.289. The molecule has 0 fully saturated rings. The van der Waals surface area contributed by atoms with Crippen molar-refractivity contribution >= 4 is 35.1 Å². The standard InChI is InChI=1S/C22H19ClN2O3/c23-22-18(25-12-4-3-7-20(25)24-22)10-11-21(27)28-14-19(26)17-9-8-15-5-1-2-6-16(15)13-17/h3-4,7-13H,1-2,5-6,14H2/b11-10+. The number of fused-ring (bicyclic) bond motifs is 2. The lowest BCUT2D eigenvalue weighted by Crippen LogP contribution is -2.14. The van der Waals surface area contributed by atoms with E-state index in [1.54, 1.807) is 10.6 Å². The topological polar surface area (TPSA) is 60.7 Å². The van der Waals surface area contributed by atoms with Crippen LogP contribution in [0.25, 0.3) is 11.7 Å². The first-order valence-electron chi connectivity index (χ1n) is 9.24. The molecular weight excluding hydrogens is 376 g/mol. The first-order chi connectivity index (χ1) is 13.6. The van der Waals surface area contributed by atoms with Crippen LogP contribution in [0.4, 0.5) is 0 Å². The molecule has 1 aliphatic carbocycles. The minimum absolute atomic E-state index is 0.206. The van der Waals surface area contributed by atoms with E-state index in [1.165, 1.54) is 29.7 Å². The molecule has 0 unspecified atom stereocenters. The number of ether oxygens (including phenoxy) is 1. The third-order valence-corrected chi connectivity index (χ3v) is 5.19. The number of pyridine rings is 1. The SMILES string of the molecule is O=C(/C=C/c1c(Cl)nc2ccccn12)OCC(=O)c1ccc2c(c1)CCCC2. The summed E-state index contributed by atoms with van der Waals surface area (Å²) in [5, 5.41) is 0.292. The summed E-state index contributed by atoms with van der Waals surface area (Å²) in [4.78, 5) is 28.6. The van der Waals surface area contributed by atoms with Gasteiger partial charge in [0.2, 0.25) is 0 Å². The fourth-order valence-corrected chi connectivity index (χ4v) is 3.70. The molecule has 142 valence electrons. The lowest BCUT2D eigenvalue weighted by Gasteiger charge is -2.16. The van der Waals surface area contributed by atoms with Crippen molar-refractivity contribution < 1.29 is 14.3 Å². The second kappa shape index (κ2) is 7.98. The van der Waals surface area contributed by atoms with Crippen LogP contribution in [0, 0.1) is 0 Å². The molecule has 0 saturated carbocycles. The van der Waals surface area contributed by atoms with E-state index in [2.05, 4.69) is 4.98 Å². The maximum absolute atomic E-state index is 12.4. The lowest BCUT2D eigenvalue weighted by molar-refractivity contribution is -0.136. The molecule has 2 aromatic heterocycles. The van der Waals surface area contributed by atoms with Crippen LogP contribution in [0.2, 0.25) is 5.15 Å². The molecule has 5 nitrogen and oxygen atoms in total. The molecule has 2 heterocycles. The number of aryl methyl sites for hydroxylation is 2. The number of esters is 1. The van der Waals surface area contributed by atoms with Gasteiger partial charge in [-0.3, -0.25) is 9.20 Å². The molecular formula is C22H19ClN2O3. The average molecular weight is 395 g/mol. The average Bonchev–Trinajstić information content (AvgIpc) is 3.05. The smallest absolute Gasteiger partial charge is 0.331 e. The van der Waals surface area contributed by atoms with Gasteiger partial charge in [0.15, 0.2) is 17.5 Å². The Morgan fingerprint density at radius 2 is 1.96 bits per heavy atom. The molecule has 0 aliphatic heterocycles. The summed E-state index contributed by atoms with van der Waals surface area (Å²) < 4.78 is 6.87. The van der Waals surface area contributed by atoms with E-state index < -0.39 is 5.97 Å². The summed E-state index contributed by atoms with van der Waals surface area (Å²) in [6.07, 6.45) is 9.00. The van der Waals surface area contributed by atoms with Crippen LogP contribution in [0.1, 0.15) is 40.0 Å². The van der Waals surface area contributed by atoms with Gasteiger partial charge in [-0.1, -0.05) is 29.8 Å². The van der Waals surface area contributed by atoms with Crippen LogP contribution in [-0.4, -0.2) is 27.7 Å². The Hall–Kier alpha value is -2.92. The maximum atomic E-state index is 12.4. The minimum Gasteiger partial charge on any atom is -0.454 e. The van der Waals surface area contributed by atoms with Crippen molar-refractivity contribution in [2.75, 3.05) is 6.61 Å². The fraction of sp³-hybridized carbons (Fsp3) is 0.227. The van der Waals surface area contributed by atoms with Gasteiger partial charge in [-0.25, -0.2) is 9.78 Å². The Kier molecular flexibility index (Phi) is 5.26. The molecule has 3 aromatic rings. The number of ketones is 1. The zero-order valence-electron chi connectivity index (χ0n) is 15.2. The maximum Gasteiger partial charge on any atom is 0.331 e. The number of imidazole rings is 1. The van der Waals surface area contributed by atoms with Gasteiger partial charge < -0.3 is 4.74 Å². The van der Waals surface area contributed by atoms with Gasteiger partial charge in [0.25, 0.3) is 0 Å². The van der Waals surface area contributed by atoms with Crippen LogP contribution in [-0.2, 0) is 22.4 Å². The number of hydrogen-bond donors (Lipinski definition) is 0. The van der Waals surface area contributed by atoms with Crippen LogP contribution in [0.15, 0.2) is 48.7 Å². The van der Waals surface area contributed by atoms with Gasteiger partial charge in [0.1, 0.15) is 5.65 Å². The highest BCUT2D eigenvalue weighted by atomic mass is 35.5. The zero-order valence-corrected chi connectivity index (χ0v) is 16.0. The van der Waals surface area contributed by atoms with E-state index in [0.29, 0.717) is 22.1 Å². The number of halogens is 1. The van der Waals surface area contributed by atoms with Crippen molar-refractivity contribution in [2.45, 2.75) is 25.7 Å². The number of carbonyl (C=O) groups is 2. The van der Waals surface area contributed by atoms with Crippen LogP contribution in [0.3, 0.4) is 0 Å². The number of Topliss-reactive ketones (excluding diaryl/α,β-unsaturated/α-hetero) is 1. The van der Waals surface area contributed by atoms with Gasteiger partial charge in [-0.15, -0.1) is 0 Å². The molecule has 1 aromatic carbocycles. The number of hydrogen-bond acceptors (Lipinski definition) is 4. The second-order valence-corrected chi connectivity index (χ2v) is 7.13. The van der Waals surface area contributed by atoms with Crippen molar-refractivity contribution in [1.29, 1.82) is 0 Å². The second-order valence-electron chi connectivity index (χ2n) is 6.77. The Morgan fingerprint density at radius 3 is 2.82 bits per heavy atom.